The molecule has 0 saturated heterocycles. The summed E-state index contributed by atoms with van der Waals surface area (Å²) in [6.07, 6.45) is 3.10. The Hall–Kier alpha value is -0.860. The van der Waals surface area contributed by atoms with Crippen LogP contribution >= 0.6 is 0 Å². The van der Waals surface area contributed by atoms with E-state index in [4.69, 9.17) is 0 Å². The van der Waals surface area contributed by atoms with E-state index in [1.807, 2.05) is 13.0 Å². The summed E-state index contributed by atoms with van der Waals surface area (Å²) in [5, 5.41) is 12.7. The summed E-state index contributed by atoms with van der Waals surface area (Å²) in [4.78, 5) is 0. The van der Waals surface area contributed by atoms with Crippen LogP contribution in [0.5, 0.6) is 0 Å². The van der Waals surface area contributed by atoms with Gasteiger partial charge in [-0.25, -0.2) is 0 Å². The summed E-state index contributed by atoms with van der Waals surface area (Å²) in [5.74, 6) is 0. The first-order valence-electron chi connectivity index (χ1n) is 6.17. The normalized spacial score (nSPS) is 14.7. The van der Waals surface area contributed by atoms with Crippen LogP contribution in [0.2, 0.25) is 0 Å². The Balaban J connectivity index is 2.44. The molecule has 0 aliphatic heterocycles. The molecule has 0 saturated carbocycles. The molecule has 0 spiro atoms. The Morgan fingerprint density at radius 2 is 1.94 bits per heavy atom. The van der Waals surface area contributed by atoms with Crippen molar-refractivity contribution in [3.8, 4) is 0 Å². The third-order valence-corrected chi connectivity index (χ3v) is 2.66. The Morgan fingerprint density at radius 3 is 2.50 bits per heavy atom. The molecule has 1 aromatic carbocycles. The predicted octanol–water partition coefficient (Wildman–Crippen LogP) is 2.37. The first-order chi connectivity index (χ1) is 7.72. The molecule has 2 N–H and O–H groups in total. The number of aliphatic hydroxyl groups excluding tert-OH is 1. The fourth-order valence-corrected chi connectivity index (χ4v) is 1.86. The highest BCUT2D eigenvalue weighted by Crippen LogP contribution is 2.07. The lowest BCUT2D eigenvalue weighted by molar-refractivity contribution is 0.185. The van der Waals surface area contributed by atoms with Crippen LogP contribution in [0.3, 0.4) is 0 Å². The van der Waals surface area contributed by atoms with Crippen LogP contribution in [0.1, 0.15) is 32.3 Å². The lowest BCUT2D eigenvalue weighted by Gasteiger charge is -2.19. The highest BCUT2D eigenvalue weighted by Gasteiger charge is 2.08. The zero-order valence-corrected chi connectivity index (χ0v) is 10.3. The van der Waals surface area contributed by atoms with Crippen LogP contribution in [0.25, 0.3) is 0 Å². The standard InChI is InChI=1S/C14H23NO/c1-3-7-14(15-11-12(2)16)10-13-8-5-4-6-9-13/h4-6,8-9,12,14-16H,3,7,10-11H2,1-2H3. The average molecular weight is 221 g/mol. The molecule has 0 amide bonds. The van der Waals surface area contributed by atoms with Gasteiger partial charge in [0.25, 0.3) is 0 Å². The number of nitrogens with one attached hydrogen (secondary N) is 1. The van der Waals surface area contributed by atoms with Crippen LogP contribution < -0.4 is 5.32 Å². The van der Waals surface area contributed by atoms with Gasteiger partial charge in [-0.1, -0.05) is 43.7 Å². The molecular weight excluding hydrogens is 198 g/mol. The first-order valence-corrected chi connectivity index (χ1v) is 6.17. The number of hydrogen-bond acceptors (Lipinski definition) is 2. The van der Waals surface area contributed by atoms with Gasteiger partial charge in [-0.05, 0) is 25.3 Å². The number of aliphatic hydroxyl groups is 1. The SMILES string of the molecule is CCCC(Cc1ccccc1)NCC(C)O. The van der Waals surface area contributed by atoms with Gasteiger partial charge in [-0.15, -0.1) is 0 Å². The summed E-state index contributed by atoms with van der Waals surface area (Å²) >= 11 is 0. The smallest absolute Gasteiger partial charge is 0.0636 e. The van der Waals surface area contributed by atoms with E-state index in [1.165, 1.54) is 12.0 Å². The Morgan fingerprint density at radius 1 is 1.25 bits per heavy atom. The van der Waals surface area contributed by atoms with Crippen LogP contribution in [0, 0.1) is 0 Å². The molecule has 1 rings (SSSR count). The third-order valence-electron chi connectivity index (χ3n) is 2.66. The van der Waals surface area contributed by atoms with Gasteiger partial charge in [0.05, 0.1) is 6.10 Å². The van der Waals surface area contributed by atoms with Crippen molar-refractivity contribution in [2.75, 3.05) is 6.54 Å². The molecular formula is C14H23NO. The Kier molecular flexibility index (Phi) is 6.12. The molecule has 0 aliphatic rings. The van der Waals surface area contributed by atoms with Gasteiger partial charge in [0.15, 0.2) is 0 Å². The Labute approximate surface area is 98.7 Å². The van der Waals surface area contributed by atoms with Crippen molar-refractivity contribution in [2.45, 2.75) is 45.3 Å². The quantitative estimate of drug-likeness (QED) is 0.741. The van der Waals surface area contributed by atoms with Gasteiger partial charge in [-0.3, -0.25) is 0 Å². The van der Waals surface area contributed by atoms with Gasteiger partial charge in [0.1, 0.15) is 0 Å². The molecule has 0 aliphatic carbocycles. The molecule has 2 nitrogen and oxygen atoms in total. The molecule has 0 radical (unpaired) electrons. The van der Waals surface area contributed by atoms with Crippen molar-refractivity contribution in [2.24, 2.45) is 0 Å². The summed E-state index contributed by atoms with van der Waals surface area (Å²) in [5.41, 5.74) is 1.36. The van der Waals surface area contributed by atoms with Crippen molar-refractivity contribution >= 4 is 0 Å². The molecule has 2 heteroatoms. The molecule has 90 valence electrons. The van der Waals surface area contributed by atoms with Gasteiger partial charge in [-0.2, -0.15) is 0 Å². The predicted molar refractivity (Wildman–Crippen MR) is 68.5 cm³/mol. The maximum Gasteiger partial charge on any atom is 0.0636 e. The van der Waals surface area contributed by atoms with Gasteiger partial charge >= 0.3 is 0 Å². The third kappa shape index (κ3) is 5.29. The highest BCUT2D eigenvalue weighted by atomic mass is 16.3. The number of benzene rings is 1. The summed E-state index contributed by atoms with van der Waals surface area (Å²) in [7, 11) is 0. The zero-order valence-electron chi connectivity index (χ0n) is 10.3. The van der Waals surface area contributed by atoms with E-state index in [1.54, 1.807) is 0 Å². The van der Waals surface area contributed by atoms with E-state index in [0.29, 0.717) is 12.6 Å². The summed E-state index contributed by atoms with van der Waals surface area (Å²) in [6, 6.07) is 11.0. The van der Waals surface area contributed by atoms with Gasteiger partial charge in [0, 0.05) is 12.6 Å². The lowest BCUT2D eigenvalue weighted by atomic mass is 10.0. The summed E-state index contributed by atoms with van der Waals surface area (Å²) < 4.78 is 0. The van der Waals surface area contributed by atoms with E-state index in [-0.39, 0.29) is 6.10 Å². The minimum Gasteiger partial charge on any atom is -0.392 e. The maximum absolute atomic E-state index is 9.27. The molecule has 0 heterocycles. The van der Waals surface area contributed by atoms with Crippen LogP contribution in [0.4, 0.5) is 0 Å². The van der Waals surface area contributed by atoms with Crippen LogP contribution in [0.15, 0.2) is 30.3 Å². The monoisotopic (exact) mass is 221 g/mol. The van der Waals surface area contributed by atoms with Gasteiger partial charge < -0.3 is 10.4 Å². The van der Waals surface area contributed by atoms with Crippen LogP contribution in [-0.4, -0.2) is 23.8 Å². The zero-order chi connectivity index (χ0) is 11.8. The van der Waals surface area contributed by atoms with Gasteiger partial charge in [0.2, 0.25) is 0 Å². The fraction of sp³-hybridized carbons (Fsp3) is 0.571. The van der Waals surface area contributed by atoms with Crippen molar-refractivity contribution in [3.63, 3.8) is 0 Å². The van der Waals surface area contributed by atoms with Crippen LogP contribution in [-0.2, 0) is 6.42 Å². The van der Waals surface area contributed by atoms with E-state index in [2.05, 4.69) is 36.5 Å². The number of hydrogen-bond donors (Lipinski definition) is 2. The number of rotatable bonds is 7. The largest absolute Gasteiger partial charge is 0.392 e. The molecule has 16 heavy (non-hydrogen) atoms. The van der Waals surface area contributed by atoms with Crippen molar-refractivity contribution in [1.29, 1.82) is 0 Å². The second-order valence-electron chi connectivity index (χ2n) is 4.43. The molecule has 2 unspecified atom stereocenters. The second kappa shape index (κ2) is 7.42. The van der Waals surface area contributed by atoms with E-state index < -0.39 is 0 Å². The maximum atomic E-state index is 9.27. The van der Waals surface area contributed by atoms with E-state index >= 15 is 0 Å². The average Bonchev–Trinajstić information content (AvgIpc) is 2.27. The molecule has 2 atom stereocenters. The molecule has 1 aromatic rings. The fourth-order valence-electron chi connectivity index (χ4n) is 1.86. The van der Waals surface area contributed by atoms with Crippen molar-refractivity contribution in [1.82, 2.24) is 5.32 Å². The highest BCUT2D eigenvalue weighted by molar-refractivity contribution is 5.15. The minimum absolute atomic E-state index is 0.268. The Bertz CT molecular complexity index is 271. The van der Waals surface area contributed by atoms with Crippen molar-refractivity contribution in [3.05, 3.63) is 35.9 Å². The van der Waals surface area contributed by atoms with E-state index in [9.17, 15) is 5.11 Å². The van der Waals surface area contributed by atoms with E-state index in [0.717, 1.165) is 12.8 Å². The molecule has 0 fully saturated rings. The minimum atomic E-state index is -0.268. The lowest BCUT2D eigenvalue weighted by Crippen LogP contribution is -2.36. The first kappa shape index (κ1) is 13.2. The molecule has 0 aromatic heterocycles. The summed E-state index contributed by atoms with van der Waals surface area (Å²) in [6.45, 7) is 4.69. The van der Waals surface area contributed by atoms with Crippen molar-refractivity contribution < 1.29 is 5.11 Å². The molecule has 0 bridgehead atoms. The topological polar surface area (TPSA) is 32.3 Å². The second-order valence-corrected chi connectivity index (χ2v) is 4.43.